The van der Waals surface area contributed by atoms with E-state index in [1.807, 2.05) is 12.1 Å². The maximum absolute atomic E-state index is 5.77. The monoisotopic (exact) mass is 209 g/mol. The minimum atomic E-state index is 0.0729. The Hall–Kier alpha value is -0.800. The maximum atomic E-state index is 5.77. The molecular formula is C12H19NO2. The van der Waals surface area contributed by atoms with Crippen LogP contribution in [0.4, 0.5) is 0 Å². The molecule has 0 bridgehead atoms. The molecule has 3 heteroatoms. The molecule has 1 fully saturated rings. The summed E-state index contributed by atoms with van der Waals surface area (Å²) < 4.78 is 11.1. The summed E-state index contributed by atoms with van der Waals surface area (Å²) in [4.78, 5) is 0. The molecule has 2 rings (SSSR count). The minimum absolute atomic E-state index is 0.0729. The van der Waals surface area contributed by atoms with Gasteiger partial charge in [0.1, 0.15) is 11.9 Å². The van der Waals surface area contributed by atoms with Gasteiger partial charge in [0.2, 0.25) is 0 Å². The van der Waals surface area contributed by atoms with Gasteiger partial charge in [0, 0.05) is 19.2 Å². The predicted octanol–water partition coefficient (Wildman–Crippen LogP) is 2.36. The molecule has 0 radical (unpaired) electrons. The molecule has 0 aromatic carbocycles. The van der Waals surface area contributed by atoms with Crippen molar-refractivity contribution in [2.45, 2.75) is 32.4 Å². The largest absolute Gasteiger partial charge is 0.467 e. The van der Waals surface area contributed by atoms with Gasteiger partial charge in [-0.3, -0.25) is 0 Å². The van der Waals surface area contributed by atoms with Crippen LogP contribution in [0, 0.1) is 5.92 Å². The summed E-state index contributed by atoms with van der Waals surface area (Å²) >= 11 is 0. The van der Waals surface area contributed by atoms with E-state index in [0.29, 0.717) is 12.0 Å². The second-order valence-corrected chi connectivity index (χ2v) is 4.42. The van der Waals surface area contributed by atoms with Crippen molar-refractivity contribution in [3.8, 4) is 0 Å². The first-order valence-electron chi connectivity index (χ1n) is 5.65. The first-order valence-corrected chi connectivity index (χ1v) is 5.65. The summed E-state index contributed by atoms with van der Waals surface area (Å²) in [5, 5.41) is 3.53. The van der Waals surface area contributed by atoms with Gasteiger partial charge in [-0.15, -0.1) is 0 Å². The van der Waals surface area contributed by atoms with Crippen LogP contribution in [-0.4, -0.2) is 19.2 Å². The molecule has 1 aromatic rings. The summed E-state index contributed by atoms with van der Waals surface area (Å²) in [6.45, 7) is 6.13. The van der Waals surface area contributed by atoms with Gasteiger partial charge in [-0.05, 0) is 24.5 Å². The summed E-state index contributed by atoms with van der Waals surface area (Å²) in [6, 6.07) is 4.44. The van der Waals surface area contributed by atoms with Gasteiger partial charge in [-0.25, -0.2) is 0 Å². The second-order valence-electron chi connectivity index (χ2n) is 4.42. The molecule has 2 heterocycles. The van der Waals surface area contributed by atoms with Crippen molar-refractivity contribution in [3.63, 3.8) is 0 Å². The standard InChI is InChI=1S/C12H19NO2/c1-9(2)10-5-7-15-12(8-13-10)11-4-3-6-14-11/h3-4,6,9-10,12-13H,5,7-8H2,1-2H3. The van der Waals surface area contributed by atoms with Crippen LogP contribution in [0.25, 0.3) is 0 Å². The van der Waals surface area contributed by atoms with E-state index in [2.05, 4.69) is 19.2 Å². The minimum Gasteiger partial charge on any atom is -0.467 e. The predicted molar refractivity (Wildman–Crippen MR) is 58.6 cm³/mol. The molecule has 1 aliphatic heterocycles. The van der Waals surface area contributed by atoms with Gasteiger partial charge in [0.15, 0.2) is 0 Å². The molecule has 0 saturated carbocycles. The number of nitrogens with one attached hydrogen (secondary N) is 1. The van der Waals surface area contributed by atoms with Gasteiger partial charge < -0.3 is 14.5 Å². The third kappa shape index (κ3) is 2.61. The van der Waals surface area contributed by atoms with E-state index in [0.717, 1.165) is 25.3 Å². The second kappa shape index (κ2) is 4.81. The van der Waals surface area contributed by atoms with Crippen LogP contribution < -0.4 is 5.32 Å². The quantitative estimate of drug-likeness (QED) is 0.812. The fourth-order valence-electron chi connectivity index (χ4n) is 1.98. The Morgan fingerprint density at radius 1 is 1.47 bits per heavy atom. The fourth-order valence-corrected chi connectivity index (χ4v) is 1.98. The topological polar surface area (TPSA) is 34.4 Å². The number of furan rings is 1. The Labute approximate surface area is 90.8 Å². The van der Waals surface area contributed by atoms with Crippen LogP contribution in [0.2, 0.25) is 0 Å². The van der Waals surface area contributed by atoms with E-state index in [9.17, 15) is 0 Å². The lowest BCUT2D eigenvalue weighted by Gasteiger charge is -2.19. The molecule has 0 aliphatic carbocycles. The van der Waals surface area contributed by atoms with E-state index < -0.39 is 0 Å². The van der Waals surface area contributed by atoms with Gasteiger partial charge >= 0.3 is 0 Å². The summed E-state index contributed by atoms with van der Waals surface area (Å²) in [6.07, 6.45) is 2.85. The molecule has 1 N–H and O–H groups in total. The zero-order valence-electron chi connectivity index (χ0n) is 9.40. The van der Waals surface area contributed by atoms with Gasteiger partial charge in [0.05, 0.1) is 6.26 Å². The average Bonchev–Trinajstić information content (AvgIpc) is 2.62. The summed E-state index contributed by atoms with van der Waals surface area (Å²) in [5.74, 6) is 1.58. The zero-order valence-corrected chi connectivity index (χ0v) is 9.40. The van der Waals surface area contributed by atoms with Crippen molar-refractivity contribution < 1.29 is 9.15 Å². The molecule has 2 unspecified atom stereocenters. The third-order valence-electron chi connectivity index (χ3n) is 2.98. The van der Waals surface area contributed by atoms with Gasteiger partial charge in [-0.1, -0.05) is 13.8 Å². The summed E-state index contributed by atoms with van der Waals surface area (Å²) in [7, 11) is 0. The SMILES string of the molecule is CC(C)C1CCOC(c2ccco2)CN1. The number of ether oxygens (including phenoxy) is 1. The van der Waals surface area contributed by atoms with Crippen LogP contribution in [0.1, 0.15) is 32.1 Å². The summed E-state index contributed by atoms with van der Waals surface area (Å²) in [5.41, 5.74) is 0. The maximum Gasteiger partial charge on any atom is 0.133 e. The Balaban J connectivity index is 1.96. The Morgan fingerprint density at radius 2 is 2.33 bits per heavy atom. The van der Waals surface area contributed by atoms with Crippen molar-refractivity contribution in [2.75, 3.05) is 13.2 Å². The molecule has 0 amide bonds. The molecule has 84 valence electrons. The lowest BCUT2D eigenvalue weighted by Crippen LogP contribution is -2.34. The van der Waals surface area contributed by atoms with Crippen molar-refractivity contribution in [1.29, 1.82) is 0 Å². The van der Waals surface area contributed by atoms with Crippen molar-refractivity contribution in [1.82, 2.24) is 5.32 Å². The van der Waals surface area contributed by atoms with E-state index >= 15 is 0 Å². The highest BCUT2D eigenvalue weighted by Crippen LogP contribution is 2.21. The molecule has 15 heavy (non-hydrogen) atoms. The van der Waals surface area contributed by atoms with Crippen LogP contribution in [0.3, 0.4) is 0 Å². The normalized spacial score (nSPS) is 27.9. The van der Waals surface area contributed by atoms with E-state index in [4.69, 9.17) is 9.15 Å². The average molecular weight is 209 g/mol. The highest BCUT2D eigenvalue weighted by Gasteiger charge is 2.22. The van der Waals surface area contributed by atoms with Crippen LogP contribution in [0.15, 0.2) is 22.8 Å². The van der Waals surface area contributed by atoms with Crippen LogP contribution in [0.5, 0.6) is 0 Å². The van der Waals surface area contributed by atoms with Crippen LogP contribution >= 0.6 is 0 Å². The Morgan fingerprint density at radius 3 is 3.00 bits per heavy atom. The lowest BCUT2D eigenvalue weighted by atomic mass is 10.0. The molecule has 1 aliphatic rings. The highest BCUT2D eigenvalue weighted by molar-refractivity contribution is 5.03. The lowest BCUT2D eigenvalue weighted by molar-refractivity contribution is 0.0507. The van der Waals surface area contributed by atoms with Crippen molar-refractivity contribution in [3.05, 3.63) is 24.2 Å². The van der Waals surface area contributed by atoms with E-state index in [1.165, 1.54) is 0 Å². The molecule has 2 atom stereocenters. The van der Waals surface area contributed by atoms with Gasteiger partial charge in [0.25, 0.3) is 0 Å². The fraction of sp³-hybridized carbons (Fsp3) is 0.667. The first-order chi connectivity index (χ1) is 7.27. The smallest absolute Gasteiger partial charge is 0.133 e. The Bertz CT molecular complexity index is 282. The third-order valence-corrected chi connectivity index (χ3v) is 2.98. The highest BCUT2D eigenvalue weighted by atomic mass is 16.5. The molecule has 1 aromatic heterocycles. The Kier molecular flexibility index (Phi) is 3.44. The molecule has 0 spiro atoms. The molecule has 1 saturated heterocycles. The molecule has 3 nitrogen and oxygen atoms in total. The number of hydrogen-bond donors (Lipinski definition) is 1. The molecular weight excluding hydrogens is 190 g/mol. The van der Waals surface area contributed by atoms with Crippen LogP contribution in [-0.2, 0) is 4.74 Å². The van der Waals surface area contributed by atoms with Gasteiger partial charge in [-0.2, -0.15) is 0 Å². The number of rotatable bonds is 2. The van der Waals surface area contributed by atoms with E-state index in [1.54, 1.807) is 6.26 Å². The first kappa shape index (κ1) is 10.7. The van der Waals surface area contributed by atoms with Crippen molar-refractivity contribution >= 4 is 0 Å². The van der Waals surface area contributed by atoms with E-state index in [-0.39, 0.29) is 6.10 Å². The number of hydrogen-bond acceptors (Lipinski definition) is 3. The van der Waals surface area contributed by atoms with Crippen molar-refractivity contribution in [2.24, 2.45) is 5.92 Å². The zero-order chi connectivity index (χ0) is 10.7.